The van der Waals surface area contributed by atoms with E-state index in [1.165, 1.54) is 4.90 Å². The van der Waals surface area contributed by atoms with Gasteiger partial charge in [0.05, 0.1) is 30.7 Å². The van der Waals surface area contributed by atoms with E-state index in [1.54, 1.807) is 6.92 Å². The molecule has 2 aromatic carbocycles. The van der Waals surface area contributed by atoms with Gasteiger partial charge < -0.3 is 4.74 Å². The van der Waals surface area contributed by atoms with Gasteiger partial charge in [0.15, 0.2) is 0 Å². The zero-order valence-corrected chi connectivity index (χ0v) is 16.0. The van der Waals surface area contributed by atoms with Crippen LogP contribution in [0.3, 0.4) is 0 Å². The first kappa shape index (κ1) is 18.6. The number of anilines is 1. The zero-order valence-electron chi connectivity index (χ0n) is 16.0. The fraction of sp³-hybridized carbons (Fsp3) is 0.409. The topological polar surface area (TPSA) is 66.9 Å². The number of amides is 2. The Kier molecular flexibility index (Phi) is 5.13. The molecule has 0 saturated carbocycles. The molecule has 2 aliphatic heterocycles. The van der Waals surface area contributed by atoms with Crippen molar-refractivity contribution in [1.29, 1.82) is 0 Å². The van der Waals surface area contributed by atoms with Crippen LogP contribution in [0.1, 0.15) is 26.2 Å². The van der Waals surface area contributed by atoms with Gasteiger partial charge in [-0.25, -0.2) is 4.90 Å². The minimum atomic E-state index is -0.504. The highest BCUT2D eigenvalue weighted by Crippen LogP contribution is 2.30. The number of piperidine rings is 1. The number of carbonyl (C=O) groups is 3. The molecule has 0 N–H and O–H groups in total. The first-order valence-electron chi connectivity index (χ1n) is 9.84. The summed E-state index contributed by atoms with van der Waals surface area (Å²) < 4.78 is 5.14. The number of hydrogen-bond donors (Lipinski definition) is 0. The van der Waals surface area contributed by atoms with Crippen molar-refractivity contribution in [3.05, 3.63) is 42.5 Å². The average Bonchev–Trinajstić information content (AvgIpc) is 3.02. The molecule has 4 rings (SSSR count). The maximum Gasteiger partial charge on any atom is 0.310 e. The highest BCUT2D eigenvalue weighted by Gasteiger charge is 2.44. The van der Waals surface area contributed by atoms with Gasteiger partial charge >= 0.3 is 5.97 Å². The molecule has 6 heteroatoms. The van der Waals surface area contributed by atoms with Gasteiger partial charge in [-0.05, 0) is 49.2 Å². The summed E-state index contributed by atoms with van der Waals surface area (Å²) in [5, 5.41) is 2.06. The molecule has 2 aliphatic rings. The molecular weight excluding hydrogens is 356 g/mol. The van der Waals surface area contributed by atoms with Gasteiger partial charge in [-0.2, -0.15) is 0 Å². The summed E-state index contributed by atoms with van der Waals surface area (Å²) in [5.74, 6) is -0.838. The van der Waals surface area contributed by atoms with Crippen molar-refractivity contribution in [2.45, 2.75) is 32.2 Å². The summed E-state index contributed by atoms with van der Waals surface area (Å²) in [6.45, 7) is 3.32. The Morgan fingerprint density at radius 1 is 1.14 bits per heavy atom. The molecule has 2 saturated heterocycles. The molecule has 2 amide bonds. The smallest absolute Gasteiger partial charge is 0.310 e. The lowest BCUT2D eigenvalue weighted by Gasteiger charge is -2.34. The van der Waals surface area contributed by atoms with Gasteiger partial charge in [0.25, 0.3) is 5.91 Å². The zero-order chi connectivity index (χ0) is 19.7. The van der Waals surface area contributed by atoms with Gasteiger partial charge in [-0.15, -0.1) is 0 Å². The Hall–Kier alpha value is -2.73. The molecule has 2 heterocycles. The summed E-state index contributed by atoms with van der Waals surface area (Å²) in [6, 6.07) is 13.0. The Morgan fingerprint density at radius 3 is 2.71 bits per heavy atom. The maximum absolute atomic E-state index is 13.1. The first-order chi connectivity index (χ1) is 13.6. The number of rotatable bonds is 4. The predicted octanol–water partition coefficient (Wildman–Crippen LogP) is 2.75. The third-order valence-electron chi connectivity index (χ3n) is 5.63. The quantitative estimate of drug-likeness (QED) is 0.603. The summed E-state index contributed by atoms with van der Waals surface area (Å²) in [4.78, 5) is 41.2. The van der Waals surface area contributed by atoms with Crippen LogP contribution in [0.4, 0.5) is 5.69 Å². The molecule has 0 spiro atoms. The van der Waals surface area contributed by atoms with Crippen molar-refractivity contribution < 1.29 is 19.1 Å². The number of ether oxygens (including phenoxy) is 1. The molecule has 2 unspecified atom stereocenters. The summed E-state index contributed by atoms with van der Waals surface area (Å²) in [5.41, 5.74) is 0.607. The molecule has 2 aromatic rings. The number of esters is 1. The SMILES string of the molecule is CCOC(=O)C1CCCN(C2CC(=O)N(c3ccc4ccccc4c3)C2=O)C1. The van der Waals surface area contributed by atoms with E-state index in [-0.39, 0.29) is 30.1 Å². The number of likely N-dealkylation sites (tertiary alicyclic amines) is 1. The maximum atomic E-state index is 13.1. The largest absolute Gasteiger partial charge is 0.466 e. The number of nitrogens with zero attached hydrogens (tertiary/aromatic N) is 2. The summed E-state index contributed by atoms with van der Waals surface area (Å²) in [6.07, 6.45) is 1.73. The second-order valence-electron chi connectivity index (χ2n) is 7.40. The van der Waals surface area contributed by atoms with Crippen molar-refractivity contribution >= 4 is 34.2 Å². The Bertz CT molecular complexity index is 926. The van der Waals surface area contributed by atoms with Crippen LogP contribution in [0, 0.1) is 5.92 Å². The standard InChI is InChI=1S/C22H24N2O4/c1-2-28-22(27)17-8-5-11-23(14-17)19-13-20(25)24(21(19)26)18-10-9-15-6-3-4-7-16(15)12-18/h3-4,6-7,9-10,12,17,19H,2,5,8,11,13-14H2,1H3. The van der Waals surface area contributed by atoms with Crippen LogP contribution in [0.5, 0.6) is 0 Å². The molecule has 2 atom stereocenters. The van der Waals surface area contributed by atoms with Crippen LogP contribution in [0.25, 0.3) is 10.8 Å². The van der Waals surface area contributed by atoms with E-state index in [0.29, 0.717) is 25.4 Å². The molecule has 28 heavy (non-hydrogen) atoms. The lowest BCUT2D eigenvalue weighted by molar-refractivity contribution is -0.150. The average molecular weight is 380 g/mol. The second-order valence-corrected chi connectivity index (χ2v) is 7.40. The summed E-state index contributed by atoms with van der Waals surface area (Å²) in [7, 11) is 0. The molecule has 6 nitrogen and oxygen atoms in total. The van der Waals surface area contributed by atoms with Crippen molar-refractivity contribution in [2.75, 3.05) is 24.6 Å². The number of imide groups is 1. The number of hydrogen-bond acceptors (Lipinski definition) is 5. The van der Waals surface area contributed by atoms with Crippen LogP contribution in [-0.4, -0.2) is 48.4 Å². The van der Waals surface area contributed by atoms with E-state index in [2.05, 4.69) is 0 Å². The van der Waals surface area contributed by atoms with Crippen LogP contribution >= 0.6 is 0 Å². The van der Waals surface area contributed by atoms with Gasteiger partial charge in [-0.1, -0.05) is 30.3 Å². The monoisotopic (exact) mass is 380 g/mol. The molecule has 0 aromatic heterocycles. The lowest BCUT2D eigenvalue weighted by Crippen LogP contribution is -2.48. The second kappa shape index (κ2) is 7.72. The van der Waals surface area contributed by atoms with Crippen LogP contribution in [0.2, 0.25) is 0 Å². The Labute approximate surface area is 164 Å². The van der Waals surface area contributed by atoms with Crippen molar-refractivity contribution in [3.63, 3.8) is 0 Å². The molecule has 146 valence electrons. The fourth-order valence-corrected chi connectivity index (χ4v) is 4.23. The Balaban J connectivity index is 1.54. The molecule has 0 aliphatic carbocycles. The number of benzene rings is 2. The van der Waals surface area contributed by atoms with Crippen molar-refractivity contribution in [2.24, 2.45) is 5.92 Å². The third-order valence-corrected chi connectivity index (χ3v) is 5.63. The highest BCUT2D eigenvalue weighted by atomic mass is 16.5. The van der Waals surface area contributed by atoms with E-state index in [9.17, 15) is 14.4 Å². The molecule has 0 radical (unpaired) electrons. The number of carbonyl (C=O) groups excluding carboxylic acids is 3. The van der Waals surface area contributed by atoms with Gasteiger partial charge in [0.2, 0.25) is 5.91 Å². The normalized spacial score (nSPS) is 23.4. The third kappa shape index (κ3) is 3.40. The van der Waals surface area contributed by atoms with Crippen LogP contribution in [0.15, 0.2) is 42.5 Å². The fourth-order valence-electron chi connectivity index (χ4n) is 4.23. The van der Waals surface area contributed by atoms with Gasteiger partial charge in [-0.3, -0.25) is 19.3 Å². The highest BCUT2D eigenvalue weighted by molar-refractivity contribution is 6.22. The van der Waals surface area contributed by atoms with Gasteiger partial charge in [0.1, 0.15) is 0 Å². The molecule has 2 fully saturated rings. The van der Waals surface area contributed by atoms with Crippen LogP contribution in [-0.2, 0) is 19.1 Å². The summed E-state index contributed by atoms with van der Waals surface area (Å²) >= 11 is 0. The van der Waals surface area contributed by atoms with E-state index in [4.69, 9.17) is 4.74 Å². The van der Waals surface area contributed by atoms with E-state index < -0.39 is 6.04 Å². The van der Waals surface area contributed by atoms with E-state index >= 15 is 0 Å². The minimum Gasteiger partial charge on any atom is -0.466 e. The lowest BCUT2D eigenvalue weighted by atomic mass is 9.96. The Morgan fingerprint density at radius 2 is 1.93 bits per heavy atom. The van der Waals surface area contributed by atoms with Crippen molar-refractivity contribution in [3.8, 4) is 0 Å². The van der Waals surface area contributed by atoms with E-state index in [1.807, 2.05) is 47.4 Å². The first-order valence-corrected chi connectivity index (χ1v) is 9.84. The van der Waals surface area contributed by atoms with Crippen molar-refractivity contribution in [1.82, 2.24) is 4.90 Å². The molecular formula is C22H24N2O4. The van der Waals surface area contributed by atoms with E-state index in [0.717, 1.165) is 23.6 Å². The van der Waals surface area contributed by atoms with Gasteiger partial charge in [0, 0.05) is 6.54 Å². The predicted molar refractivity (Wildman–Crippen MR) is 106 cm³/mol. The number of fused-ring (bicyclic) bond motifs is 1. The minimum absolute atomic E-state index is 0.154. The van der Waals surface area contributed by atoms with Crippen LogP contribution < -0.4 is 4.90 Å². The molecule has 0 bridgehead atoms.